The molecule has 2 rings (SSSR count). The highest BCUT2D eigenvalue weighted by molar-refractivity contribution is 5.79. The fraction of sp³-hybridized carbons (Fsp3) is 0.133. The van der Waals surface area contributed by atoms with Gasteiger partial charge in [-0.25, -0.2) is 13.6 Å². The summed E-state index contributed by atoms with van der Waals surface area (Å²) >= 11 is 0. The Kier molecular flexibility index (Phi) is 3.98. The molecular weight excluding hydrogens is 264 g/mol. The zero-order valence-corrected chi connectivity index (χ0v) is 10.7. The van der Waals surface area contributed by atoms with E-state index < -0.39 is 23.6 Å². The van der Waals surface area contributed by atoms with E-state index in [1.54, 1.807) is 12.1 Å². The van der Waals surface area contributed by atoms with Crippen LogP contribution in [0, 0.1) is 18.6 Å². The van der Waals surface area contributed by atoms with Crippen LogP contribution in [0.15, 0.2) is 42.5 Å². The van der Waals surface area contributed by atoms with Gasteiger partial charge in [0.1, 0.15) is 11.6 Å². The van der Waals surface area contributed by atoms with Crippen molar-refractivity contribution in [1.29, 1.82) is 0 Å². The second-order valence-corrected chi connectivity index (χ2v) is 4.43. The van der Waals surface area contributed by atoms with Crippen molar-refractivity contribution < 1.29 is 18.7 Å². The summed E-state index contributed by atoms with van der Waals surface area (Å²) in [6, 6.07) is 8.59. The fourth-order valence-electron chi connectivity index (χ4n) is 1.92. The molecule has 3 nitrogen and oxygen atoms in total. The first-order chi connectivity index (χ1) is 9.47. The van der Waals surface area contributed by atoms with Crippen LogP contribution in [0.2, 0.25) is 0 Å². The van der Waals surface area contributed by atoms with Crippen LogP contribution in [0.4, 0.5) is 14.5 Å². The lowest BCUT2D eigenvalue weighted by atomic mass is 10.1. The van der Waals surface area contributed by atoms with Crippen molar-refractivity contribution in [1.82, 2.24) is 0 Å². The minimum atomic E-state index is -1.22. The maximum Gasteiger partial charge on any atom is 0.330 e. The molecule has 1 atom stereocenters. The number of hydrogen-bond donors (Lipinski definition) is 2. The van der Waals surface area contributed by atoms with Crippen LogP contribution in [0.5, 0.6) is 0 Å². The normalized spacial score (nSPS) is 11.9. The summed E-state index contributed by atoms with van der Waals surface area (Å²) in [5.41, 5.74) is 1.47. The Morgan fingerprint density at radius 1 is 1.15 bits per heavy atom. The highest BCUT2D eigenvalue weighted by atomic mass is 19.1. The maximum absolute atomic E-state index is 13.2. The van der Waals surface area contributed by atoms with Crippen LogP contribution >= 0.6 is 0 Å². The zero-order chi connectivity index (χ0) is 14.7. The Labute approximate surface area is 114 Å². The van der Waals surface area contributed by atoms with Crippen LogP contribution in [0.25, 0.3) is 0 Å². The second kappa shape index (κ2) is 5.69. The third-order valence-electron chi connectivity index (χ3n) is 2.91. The smallest absolute Gasteiger partial charge is 0.330 e. The number of aryl methyl sites for hydroxylation is 1. The first-order valence-electron chi connectivity index (χ1n) is 5.98. The summed E-state index contributed by atoms with van der Waals surface area (Å²) in [6.45, 7) is 1.81. The van der Waals surface area contributed by atoms with Gasteiger partial charge >= 0.3 is 5.97 Å². The molecule has 2 N–H and O–H groups in total. The zero-order valence-electron chi connectivity index (χ0n) is 10.7. The molecule has 0 aromatic heterocycles. The summed E-state index contributed by atoms with van der Waals surface area (Å²) in [5, 5.41) is 12.0. The van der Waals surface area contributed by atoms with Crippen molar-refractivity contribution in [3.05, 3.63) is 65.2 Å². The average molecular weight is 277 g/mol. The molecule has 0 heterocycles. The molecule has 5 heteroatoms. The standard InChI is InChI=1S/C15H13F2NO2/c1-9-4-2-3-5-13(9)18-14(15(19)20)10-6-11(16)8-12(17)7-10/h2-8,14,18H,1H3,(H,19,20). The largest absolute Gasteiger partial charge is 0.479 e. The van der Waals surface area contributed by atoms with E-state index >= 15 is 0 Å². The number of halogens is 2. The summed E-state index contributed by atoms with van der Waals surface area (Å²) in [6.07, 6.45) is 0. The average Bonchev–Trinajstić information content (AvgIpc) is 2.36. The van der Waals surface area contributed by atoms with Crippen molar-refractivity contribution in [3.63, 3.8) is 0 Å². The van der Waals surface area contributed by atoms with Crippen LogP contribution in [-0.4, -0.2) is 11.1 Å². The fourth-order valence-corrected chi connectivity index (χ4v) is 1.92. The molecule has 0 fully saturated rings. The minimum Gasteiger partial charge on any atom is -0.479 e. The summed E-state index contributed by atoms with van der Waals surface area (Å²) in [4.78, 5) is 11.3. The van der Waals surface area contributed by atoms with E-state index in [4.69, 9.17) is 0 Å². The van der Waals surface area contributed by atoms with E-state index in [1.165, 1.54) is 0 Å². The number of carbonyl (C=O) groups is 1. The van der Waals surface area contributed by atoms with Gasteiger partial charge in [-0.05, 0) is 36.2 Å². The molecule has 0 aliphatic heterocycles. The van der Waals surface area contributed by atoms with Gasteiger partial charge in [0.25, 0.3) is 0 Å². The number of aliphatic carboxylic acids is 1. The predicted molar refractivity (Wildman–Crippen MR) is 71.5 cm³/mol. The molecule has 1 unspecified atom stereocenters. The van der Waals surface area contributed by atoms with E-state index in [1.807, 2.05) is 19.1 Å². The molecule has 0 saturated heterocycles. The van der Waals surface area contributed by atoms with Crippen LogP contribution in [-0.2, 0) is 4.79 Å². The highest BCUT2D eigenvalue weighted by Crippen LogP contribution is 2.23. The number of carboxylic acids is 1. The van der Waals surface area contributed by atoms with Gasteiger partial charge in [-0.1, -0.05) is 18.2 Å². The van der Waals surface area contributed by atoms with Crippen molar-refractivity contribution in [2.75, 3.05) is 5.32 Å². The molecular formula is C15H13F2NO2. The van der Waals surface area contributed by atoms with Crippen LogP contribution in [0.1, 0.15) is 17.2 Å². The van der Waals surface area contributed by atoms with Gasteiger partial charge in [-0.2, -0.15) is 0 Å². The third-order valence-corrected chi connectivity index (χ3v) is 2.91. The monoisotopic (exact) mass is 277 g/mol. The van der Waals surface area contributed by atoms with Gasteiger partial charge in [-0.15, -0.1) is 0 Å². The van der Waals surface area contributed by atoms with Gasteiger partial charge in [0.15, 0.2) is 6.04 Å². The number of nitrogens with one attached hydrogen (secondary N) is 1. The molecule has 104 valence electrons. The molecule has 2 aromatic rings. The molecule has 0 radical (unpaired) electrons. The molecule has 0 aliphatic rings. The highest BCUT2D eigenvalue weighted by Gasteiger charge is 2.21. The van der Waals surface area contributed by atoms with E-state index in [0.717, 1.165) is 17.7 Å². The molecule has 2 aromatic carbocycles. The Hall–Kier alpha value is -2.43. The topological polar surface area (TPSA) is 49.3 Å². The quantitative estimate of drug-likeness (QED) is 0.899. The first-order valence-corrected chi connectivity index (χ1v) is 5.98. The number of carboxylic acid groups (broad SMARTS) is 1. The number of anilines is 1. The summed E-state index contributed by atoms with van der Waals surface area (Å²) < 4.78 is 26.4. The van der Waals surface area contributed by atoms with Crippen molar-refractivity contribution in [2.24, 2.45) is 0 Å². The van der Waals surface area contributed by atoms with E-state index in [-0.39, 0.29) is 5.56 Å². The van der Waals surface area contributed by atoms with E-state index in [0.29, 0.717) is 11.8 Å². The lowest BCUT2D eigenvalue weighted by Crippen LogP contribution is -2.21. The lowest BCUT2D eigenvalue weighted by molar-refractivity contribution is -0.138. The van der Waals surface area contributed by atoms with Crippen LogP contribution in [0.3, 0.4) is 0 Å². The summed E-state index contributed by atoms with van der Waals surface area (Å²) in [5.74, 6) is -2.83. The molecule has 0 aliphatic carbocycles. The Bertz CT molecular complexity index is 623. The Morgan fingerprint density at radius 2 is 1.75 bits per heavy atom. The number of para-hydroxylation sites is 1. The maximum atomic E-state index is 13.2. The Morgan fingerprint density at radius 3 is 2.30 bits per heavy atom. The van der Waals surface area contributed by atoms with Gasteiger partial charge in [0, 0.05) is 11.8 Å². The number of hydrogen-bond acceptors (Lipinski definition) is 2. The van der Waals surface area contributed by atoms with E-state index in [2.05, 4.69) is 5.32 Å². The minimum absolute atomic E-state index is 0.0262. The molecule has 0 bridgehead atoms. The van der Waals surface area contributed by atoms with E-state index in [9.17, 15) is 18.7 Å². The molecule has 20 heavy (non-hydrogen) atoms. The Balaban J connectivity index is 2.37. The molecule has 0 amide bonds. The third kappa shape index (κ3) is 3.12. The van der Waals surface area contributed by atoms with Gasteiger partial charge in [0.2, 0.25) is 0 Å². The number of rotatable bonds is 4. The predicted octanol–water partition coefficient (Wildman–Crippen LogP) is 3.51. The lowest BCUT2D eigenvalue weighted by Gasteiger charge is -2.18. The van der Waals surface area contributed by atoms with Gasteiger partial charge in [0.05, 0.1) is 0 Å². The van der Waals surface area contributed by atoms with Crippen LogP contribution < -0.4 is 5.32 Å². The van der Waals surface area contributed by atoms with Gasteiger partial charge < -0.3 is 10.4 Å². The van der Waals surface area contributed by atoms with Gasteiger partial charge in [-0.3, -0.25) is 0 Å². The number of benzene rings is 2. The molecule has 0 spiro atoms. The van der Waals surface area contributed by atoms with Crippen molar-refractivity contribution >= 4 is 11.7 Å². The summed E-state index contributed by atoms with van der Waals surface area (Å²) in [7, 11) is 0. The SMILES string of the molecule is Cc1ccccc1NC(C(=O)O)c1cc(F)cc(F)c1. The first kappa shape index (κ1) is 14.0. The van der Waals surface area contributed by atoms with Crippen molar-refractivity contribution in [3.8, 4) is 0 Å². The molecule has 0 saturated carbocycles. The van der Waals surface area contributed by atoms with Crippen molar-refractivity contribution in [2.45, 2.75) is 13.0 Å². The second-order valence-electron chi connectivity index (χ2n) is 4.43.